The molecule has 3 aromatic rings. The zero-order valence-corrected chi connectivity index (χ0v) is 22.3. The van der Waals surface area contributed by atoms with Gasteiger partial charge in [0.15, 0.2) is 0 Å². The lowest BCUT2D eigenvalue weighted by molar-refractivity contribution is -0.308. The minimum absolute atomic E-state index is 0.0770. The van der Waals surface area contributed by atoms with Gasteiger partial charge < -0.3 is 30.0 Å². The second-order valence-corrected chi connectivity index (χ2v) is 11.2. The molecule has 3 fully saturated rings. The highest BCUT2D eigenvalue weighted by Crippen LogP contribution is 2.44. The van der Waals surface area contributed by atoms with Gasteiger partial charge >= 0.3 is 0 Å². The third-order valence-electron chi connectivity index (χ3n) is 8.38. The fraction of sp³-hybridized carbons (Fsp3) is 0.419. The first kappa shape index (κ1) is 26.4. The van der Waals surface area contributed by atoms with E-state index in [-0.39, 0.29) is 43.0 Å². The molecule has 0 unspecified atom stereocenters. The van der Waals surface area contributed by atoms with Crippen molar-refractivity contribution < 1.29 is 24.2 Å². The molecule has 0 radical (unpaired) electrons. The Kier molecular flexibility index (Phi) is 7.49. The maximum absolute atomic E-state index is 12.9. The van der Waals surface area contributed by atoms with E-state index in [0.717, 1.165) is 48.1 Å². The van der Waals surface area contributed by atoms with Crippen molar-refractivity contribution in [2.75, 3.05) is 18.5 Å². The van der Waals surface area contributed by atoms with E-state index in [9.17, 15) is 14.7 Å². The molecule has 2 N–H and O–H groups in total. The van der Waals surface area contributed by atoms with Crippen LogP contribution in [0.25, 0.3) is 22.4 Å². The van der Waals surface area contributed by atoms with Crippen LogP contribution in [0.3, 0.4) is 0 Å². The van der Waals surface area contributed by atoms with Crippen molar-refractivity contribution in [1.82, 2.24) is 15.3 Å². The van der Waals surface area contributed by atoms with Crippen molar-refractivity contribution in [2.24, 2.45) is 5.41 Å². The number of anilines is 1. The van der Waals surface area contributed by atoms with E-state index in [1.807, 2.05) is 24.3 Å². The summed E-state index contributed by atoms with van der Waals surface area (Å²) in [7, 11) is 0. The lowest BCUT2D eigenvalue weighted by atomic mass is 9.79. The summed E-state index contributed by atoms with van der Waals surface area (Å²) in [5.74, 6) is -0.769. The Balaban J connectivity index is 1.06. The number of nitrogens with one attached hydrogen (secondary N) is 2. The van der Waals surface area contributed by atoms with E-state index < -0.39 is 11.4 Å². The van der Waals surface area contributed by atoms with E-state index in [4.69, 9.17) is 14.5 Å². The quantitative estimate of drug-likeness (QED) is 0.424. The molecule has 2 aromatic carbocycles. The smallest absolute Gasteiger partial charge is 0.223 e. The first-order chi connectivity index (χ1) is 19.5. The molecule has 9 heteroatoms. The summed E-state index contributed by atoms with van der Waals surface area (Å²) in [4.78, 5) is 33.3. The largest absolute Gasteiger partial charge is 0.550 e. The Morgan fingerprint density at radius 1 is 0.850 bits per heavy atom. The number of amides is 1. The van der Waals surface area contributed by atoms with Gasteiger partial charge in [-0.25, -0.2) is 9.97 Å². The summed E-state index contributed by atoms with van der Waals surface area (Å²) >= 11 is 0. The lowest BCUT2D eigenvalue weighted by Crippen LogP contribution is -2.46. The summed E-state index contributed by atoms with van der Waals surface area (Å²) in [5, 5.41) is 17.7. The van der Waals surface area contributed by atoms with Crippen LogP contribution in [-0.2, 0) is 19.1 Å². The molecule has 1 aliphatic carbocycles. The van der Waals surface area contributed by atoms with E-state index in [1.54, 1.807) is 6.20 Å². The number of nitrogens with zero attached hydrogens (tertiary/aromatic N) is 2. The van der Waals surface area contributed by atoms with Crippen LogP contribution in [0.4, 0.5) is 5.95 Å². The molecular weight excluding hydrogens is 508 g/mol. The van der Waals surface area contributed by atoms with Crippen LogP contribution in [0.1, 0.15) is 38.5 Å². The Hall–Kier alpha value is -3.82. The molecule has 2 saturated heterocycles. The van der Waals surface area contributed by atoms with Crippen molar-refractivity contribution >= 4 is 17.8 Å². The molecule has 0 bridgehead atoms. The van der Waals surface area contributed by atoms with Crippen LogP contribution < -0.4 is 15.7 Å². The maximum Gasteiger partial charge on any atom is 0.223 e. The summed E-state index contributed by atoms with van der Waals surface area (Å²) in [6.45, 7) is 0.733. The highest BCUT2D eigenvalue weighted by Gasteiger charge is 2.49. The van der Waals surface area contributed by atoms with Crippen molar-refractivity contribution in [3.8, 4) is 22.4 Å². The normalized spacial score (nSPS) is 24.9. The van der Waals surface area contributed by atoms with Crippen LogP contribution in [0.5, 0.6) is 0 Å². The fourth-order valence-corrected chi connectivity index (χ4v) is 6.41. The SMILES string of the molecule is O=C([O-])CC1(CC(=O)N[C@H]2CO[C@H]3[C@@H]2OC[C@@H]3Nc2nccc(-c3ccc(-c4ccccc4)cc3)n2)CCCC1. The first-order valence-corrected chi connectivity index (χ1v) is 14.0. The van der Waals surface area contributed by atoms with E-state index in [1.165, 1.54) is 0 Å². The van der Waals surface area contributed by atoms with E-state index >= 15 is 0 Å². The third kappa shape index (κ3) is 5.71. The van der Waals surface area contributed by atoms with Crippen molar-refractivity contribution in [3.05, 3.63) is 66.9 Å². The molecular formula is C31H33N4O5-. The van der Waals surface area contributed by atoms with Crippen LogP contribution in [0.2, 0.25) is 0 Å². The minimum atomic E-state index is -1.09. The predicted octanol–water partition coefficient (Wildman–Crippen LogP) is 2.96. The average molecular weight is 542 g/mol. The van der Waals surface area contributed by atoms with Gasteiger partial charge in [0.2, 0.25) is 11.9 Å². The predicted molar refractivity (Wildman–Crippen MR) is 147 cm³/mol. The average Bonchev–Trinajstić information content (AvgIpc) is 3.68. The number of aromatic nitrogens is 2. The molecule has 0 spiro atoms. The number of carbonyl (C=O) groups is 2. The molecule has 3 aliphatic rings. The van der Waals surface area contributed by atoms with Gasteiger partial charge in [-0.15, -0.1) is 0 Å². The lowest BCUT2D eigenvalue weighted by Gasteiger charge is -2.29. The molecule has 9 nitrogen and oxygen atoms in total. The van der Waals surface area contributed by atoms with Crippen LogP contribution in [0, 0.1) is 5.41 Å². The number of aliphatic carboxylic acids is 1. The van der Waals surface area contributed by atoms with Crippen LogP contribution in [-0.4, -0.2) is 59.3 Å². The number of carbonyl (C=O) groups excluding carboxylic acids is 2. The van der Waals surface area contributed by atoms with Crippen molar-refractivity contribution in [2.45, 2.75) is 62.8 Å². The van der Waals surface area contributed by atoms with Gasteiger partial charge in [-0.2, -0.15) is 0 Å². The van der Waals surface area contributed by atoms with Gasteiger partial charge in [-0.05, 0) is 41.9 Å². The van der Waals surface area contributed by atoms with Crippen LogP contribution >= 0.6 is 0 Å². The molecule has 40 heavy (non-hydrogen) atoms. The monoisotopic (exact) mass is 541 g/mol. The number of hydrogen-bond donors (Lipinski definition) is 2. The Morgan fingerprint density at radius 3 is 2.23 bits per heavy atom. The highest BCUT2D eigenvalue weighted by atomic mass is 16.6. The Labute approximate surface area is 233 Å². The molecule has 6 rings (SSSR count). The second-order valence-electron chi connectivity index (χ2n) is 11.2. The van der Waals surface area contributed by atoms with Gasteiger partial charge in [0.25, 0.3) is 0 Å². The molecule has 208 valence electrons. The molecule has 3 heterocycles. The number of ether oxygens (including phenoxy) is 2. The highest BCUT2D eigenvalue weighted by molar-refractivity contribution is 5.78. The Bertz CT molecular complexity index is 1340. The van der Waals surface area contributed by atoms with Crippen molar-refractivity contribution in [3.63, 3.8) is 0 Å². The van der Waals surface area contributed by atoms with E-state index in [0.29, 0.717) is 19.2 Å². The number of carboxylic acids is 1. The molecule has 1 amide bonds. The van der Waals surface area contributed by atoms with Gasteiger partial charge in [0, 0.05) is 24.2 Å². The molecule has 4 atom stereocenters. The van der Waals surface area contributed by atoms with Gasteiger partial charge in [0.1, 0.15) is 12.2 Å². The first-order valence-electron chi connectivity index (χ1n) is 14.0. The second kappa shape index (κ2) is 11.3. The maximum atomic E-state index is 12.9. The summed E-state index contributed by atoms with van der Waals surface area (Å²) in [5.41, 5.74) is 3.60. The fourth-order valence-electron chi connectivity index (χ4n) is 6.41. The van der Waals surface area contributed by atoms with Gasteiger partial charge in [-0.3, -0.25) is 4.79 Å². The van der Waals surface area contributed by atoms with Gasteiger partial charge in [-0.1, -0.05) is 67.4 Å². The number of benzene rings is 2. The number of hydrogen-bond acceptors (Lipinski definition) is 8. The van der Waals surface area contributed by atoms with E-state index in [2.05, 4.69) is 52.0 Å². The van der Waals surface area contributed by atoms with Crippen molar-refractivity contribution in [1.29, 1.82) is 0 Å². The molecule has 1 saturated carbocycles. The zero-order valence-electron chi connectivity index (χ0n) is 22.3. The number of rotatable bonds is 9. The summed E-state index contributed by atoms with van der Waals surface area (Å²) in [6, 6.07) is 19.9. The third-order valence-corrected chi connectivity index (χ3v) is 8.38. The standard InChI is InChI=1S/C31H34N4O5/c36-26(16-31(17-27(37)38)13-4-5-14-31)33-24-18-39-29-25(19-40-28(24)29)35-30-32-15-12-23(34-30)22-10-8-21(9-11-22)20-6-2-1-3-7-20/h1-3,6-12,15,24-25,28-29H,4-5,13-14,16-19H2,(H,33,36)(H,37,38)(H,32,34,35)/p-1/t24-,25-,28+,29+/m0/s1. The van der Waals surface area contributed by atoms with Gasteiger partial charge in [0.05, 0.1) is 31.0 Å². The topological polar surface area (TPSA) is 126 Å². The zero-order chi connectivity index (χ0) is 27.5. The molecule has 1 aromatic heterocycles. The van der Waals surface area contributed by atoms with Crippen LogP contribution in [0.15, 0.2) is 66.9 Å². The summed E-state index contributed by atoms with van der Waals surface area (Å²) in [6.07, 6.45) is 4.64. The number of carboxylic acid groups (broad SMARTS) is 1. The minimum Gasteiger partial charge on any atom is -0.550 e. The summed E-state index contributed by atoms with van der Waals surface area (Å²) < 4.78 is 12.1. The molecule has 2 aliphatic heterocycles. The Morgan fingerprint density at radius 2 is 1.50 bits per heavy atom. The number of fused-ring (bicyclic) bond motifs is 1.